The van der Waals surface area contributed by atoms with Gasteiger partial charge in [-0.1, -0.05) is 31.3 Å². The molecule has 0 bridgehead atoms. The van der Waals surface area contributed by atoms with Crippen molar-refractivity contribution in [3.63, 3.8) is 0 Å². The molecule has 3 rings (SSSR count). The molecule has 1 aromatic heterocycles. The zero-order valence-electron chi connectivity index (χ0n) is 18.9. The number of benzene rings is 2. The lowest BCUT2D eigenvalue weighted by molar-refractivity contribution is 0.0996. The van der Waals surface area contributed by atoms with Crippen LogP contribution in [-0.4, -0.2) is 49.5 Å². The number of amides is 1. The maximum Gasteiger partial charge on any atom is 0.279 e. The van der Waals surface area contributed by atoms with Gasteiger partial charge in [-0.25, -0.2) is 8.42 Å². The third-order valence-corrected chi connectivity index (χ3v) is 8.25. The first kappa shape index (κ1) is 24.3. The standard InChI is InChI=1S/C23H29N3O4S2/c1-5-25(6-2)32(28,29)19-11-9-18(10-12-19)22(27)24-23-26(14-15-30-7-3)20-13-8-17(4)16-21(20)31-23/h8-13,16H,5-7,14-15H2,1-4H3. The molecule has 0 saturated carbocycles. The van der Waals surface area contributed by atoms with Crippen LogP contribution in [0, 0.1) is 6.92 Å². The third-order valence-electron chi connectivity index (χ3n) is 5.14. The van der Waals surface area contributed by atoms with Gasteiger partial charge in [0.2, 0.25) is 10.0 Å². The summed E-state index contributed by atoms with van der Waals surface area (Å²) in [6, 6.07) is 12.1. The Labute approximate surface area is 193 Å². The minimum Gasteiger partial charge on any atom is -0.380 e. The van der Waals surface area contributed by atoms with Crippen LogP contribution in [0.3, 0.4) is 0 Å². The zero-order chi connectivity index (χ0) is 23.3. The van der Waals surface area contributed by atoms with E-state index in [9.17, 15) is 13.2 Å². The van der Waals surface area contributed by atoms with E-state index in [-0.39, 0.29) is 4.90 Å². The molecular weight excluding hydrogens is 446 g/mol. The largest absolute Gasteiger partial charge is 0.380 e. The molecule has 0 saturated heterocycles. The van der Waals surface area contributed by atoms with Crippen LogP contribution in [0.25, 0.3) is 10.2 Å². The SMILES string of the molecule is CCOCCn1c(=NC(=O)c2ccc(S(=O)(=O)N(CC)CC)cc2)sc2cc(C)ccc21. The molecule has 0 radical (unpaired) electrons. The van der Waals surface area contributed by atoms with E-state index in [1.165, 1.54) is 39.9 Å². The molecule has 32 heavy (non-hydrogen) atoms. The maximum atomic E-state index is 12.9. The molecule has 0 spiro atoms. The molecule has 2 aromatic carbocycles. The first-order chi connectivity index (χ1) is 15.3. The fourth-order valence-corrected chi connectivity index (χ4v) is 6.03. The van der Waals surface area contributed by atoms with Gasteiger partial charge in [0.1, 0.15) is 0 Å². The van der Waals surface area contributed by atoms with Crippen LogP contribution in [0.15, 0.2) is 52.4 Å². The minimum absolute atomic E-state index is 0.168. The molecule has 7 nitrogen and oxygen atoms in total. The number of rotatable bonds is 9. The molecule has 1 heterocycles. The Morgan fingerprint density at radius 2 is 1.78 bits per heavy atom. The topological polar surface area (TPSA) is 81.0 Å². The van der Waals surface area contributed by atoms with Gasteiger partial charge in [-0.05, 0) is 55.8 Å². The molecule has 0 aliphatic carbocycles. The highest BCUT2D eigenvalue weighted by atomic mass is 32.2. The Bertz CT molecular complexity index is 1250. The number of aromatic nitrogens is 1. The van der Waals surface area contributed by atoms with Gasteiger partial charge in [-0.2, -0.15) is 9.30 Å². The molecule has 172 valence electrons. The molecule has 0 atom stereocenters. The van der Waals surface area contributed by atoms with Crippen LogP contribution >= 0.6 is 11.3 Å². The van der Waals surface area contributed by atoms with Crippen LogP contribution in [0.5, 0.6) is 0 Å². The molecule has 0 fully saturated rings. The van der Waals surface area contributed by atoms with Crippen molar-refractivity contribution in [2.45, 2.75) is 39.1 Å². The minimum atomic E-state index is -3.57. The molecular formula is C23H29N3O4S2. The predicted octanol–water partition coefficient (Wildman–Crippen LogP) is 3.82. The van der Waals surface area contributed by atoms with Gasteiger partial charge in [0.05, 0.1) is 21.7 Å². The number of thiazole rings is 1. The summed E-state index contributed by atoms with van der Waals surface area (Å²) in [6.45, 7) is 10.1. The highest BCUT2D eigenvalue weighted by molar-refractivity contribution is 7.89. The van der Waals surface area contributed by atoms with Crippen LogP contribution < -0.4 is 4.80 Å². The second kappa shape index (κ2) is 10.5. The van der Waals surface area contributed by atoms with E-state index in [2.05, 4.69) is 11.1 Å². The second-order valence-corrected chi connectivity index (χ2v) is 10.2. The van der Waals surface area contributed by atoms with E-state index in [4.69, 9.17) is 4.74 Å². The average molecular weight is 476 g/mol. The van der Waals surface area contributed by atoms with Crippen molar-refractivity contribution in [2.24, 2.45) is 4.99 Å². The lowest BCUT2D eigenvalue weighted by Crippen LogP contribution is -2.30. The number of nitrogens with zero attached hydrogens (tertiary/aromatic N) is 3. The summed E-state index contributed by atoms with van der Waals surface area (Å²) in [7, 11) is -3.57. The number of carbonyl (C=O) groups is 1. The van der Waals surface area contributed by atoms with Crippen LogP contribution in [0.4, 0.5) is 0 Å². The second-order valence-electron chi connectivity index (χ2n) is 7.24. The quantitative estimate of drug-likeness (QED) is 0.441. The third kappa shape index (κ3) is 5.17. The molecule has 9 heteroatoms. The summed E-state index contributed by atoms with van der Waals surface area (Å²) in [4.78, 5) is 18.0. The molecule has 0 N–H and O–H groups in total. The number of ether oxygens (including phenoxy) is 1. The van der Waals surface area contributed by atoms with E-state index in [0.717, 1.165) is 15.8 Å². The van der Waals surface area contributed by atoms with Gasteiger partial charge in [0.25, 0.3) is 5.91 Å². The van der Waals surface area contributed by atoms with Crippen molar-refractivity contribution in [1.82, 2.24) is 8.87 Å². The van der Waals surface area contributed by atoms with Gasteiger partial charge < -0.3 is 9.30 Å². The van der Waals surface area contributed by atoms with Crippen molar-refractivity contribution in [3.8, 4) is 0 Å². The fraction of sp³-hybridized carbons (Fsp3) is 0.391. The summed E-state index contributed by atoms with van der Waals surface area (Å²) < 4.78 is 35.3. The van der Waals surface area contributed by atoms with Crippen LogP contribution in [0.1, 0.15) is 36.7 Å². The summed E-state index contributed by atoms with van der Waals surface area (Å²) in [6.07, 6.45) is 0. The van der Waals surface area contributed by atoms with E-state index in [0.29, 0.717) is 43.2 Å². The summed E-state index contributed by atoms with van der Waals surface area (Å²) in [5.41, 5.74) is 2.49. The smallest absolute Gasteiger partial charge is 0.279 e. The van der Waals surface area contributed by atoms with E-state index in [1.807, 2.05) is 30.5 Å². The molecule has 0 aliphatic rings. The summed E-state index contributed by atoms with van der Waals surface area (Å²) in [5, 5.41) is 0. The normalized spacial score (nSPS) is 12.7. The Balaban J connectivity index is 1.96. The fourth-order valence-electron chi connectivity index (χ4n) is 3.42. The Hall–Kier alpha value is -2.33. The molecule has 0 unspecified atom stereocenters. The summed E-state index contributed by atoms with van der Waals surface area (Å²) >= 11 is 1.45. The summed E-state index contributed by atoms with van der Waals surface area (Å²) in [5.74, 6) is -0.412. The first-order valence-corrected chi connectivity index (χ1v) is 12.9. The van der Waals surface area contributed by atoms with Gasteiger partial charge >= 0.3 is 0 Å². The monoisotopic (exact) mass is 475 g/mol. The Morgan fingerprint density at radius 1 is 1.09 bits per heavy atom. The van der Waals surface area contributed by atoms with Gasteiger partial charge in [-0.15, -0.1) is 0 Å². The van der Waals surface area contributed by atoms with Gasteiger partial charge in [0.15, 0.2) is 4.80 Å². The highest BCUT2D eigenvalue weighted by Gasteiger charge is 2.21. The van der Waals surface area contributed by atoms with E-state index < -0.39 is 15.9 Å². The number of carbonyl (C=O) groups excluding carboxylic acids is 1. The first-order valence-electron chi connectivity index (χ1n) is 10.7. The average Bonchev–Trinajstić information content (AvgIpc) is 3.10. The number of fused-ring (bicyclic) bond motifs is 1. The molecule has 1 amide bonds. The van der Waals surface area contributed by atoms with E-state index >= 15 is 0 Å². The van der Waals surface area contributed by atoms with Crippen molar-refractivity contribution in [1.29, 1.82) is 0 Å². The number of hydrogen-bond donors (Lipinski definition) is 0. The zero-order valence-corrected chi connectivity index (χ0v) is 20.5. The van der Waals surface area contributed by atoms with Crippen molar-refractivity contribution >= 4 is 37.5 Å². The molecule has 3 aromatic rings. The lowest BCUT2D eigenvalue weighted by atomic mass is 10.2. The van der Waals surface area contributed by atoms with Gasteiger partial charge in [0, 0.05) is 31.8 Å². The van der Waals surface area contributed by atoms with Crippen molar-refractivity contribution in [2.75, 3.05) is 26.3 Å². The number of hydrogen-bond acceptors (Lipinski definition) is 5. The van der Waals surface area contributed by atoms with Crippen LogP contribution in [0.2, 0.25) is 0 Å². The maximum absolute atomic E-state index is 12.9. The lowest BCUT2D eigenvalue weighted by Gasteiger charge is -2.18. The van der Waals surface area contributed by atoms with Crippen molar-refractivity contribution in [3.05, 3.63) is 58.4 Å². The predicted molar refractivity (Wildman–Crippen MR) is 127 cm³/mol. The van der Waals surface area contributed by atoms with E-state index in [1.54, 1.807) is 13.8 Å². The van der Waals surface area contributed by atoms with Gasteiger partial charge in [-0.3, -0.25) is 4.79 Å². The van der Waals surface area contributed by atoms with Crippen molar-refractivity contribution < 1.29 is 17.9 Å². The number of aryl methyl sites for hydroxylation is 1. The van der Waals surface area contributed by atoms with Crippen LogP contribution in [-0.2, 0) is 21.3 Å². The molecule has 0 aliphatic heterocycles. The Kier molecular flexibility index (Phi) is 8.00. The Morgan fingerprint density at radius 3 is 2.41 bits per heavy atom. The highest BCUT2D eigenvalue weighted by Crippen LogP contribution is 2.20. The number of sulfonamides is 1.